The molecule has 3 rings (SSSR count). The van der Waals surface area contributed by atoms with Crippen LogP contribution in [0.15, 0.2) is 48.5 Å². The van der Waals surface area contributed by atoms with Gasteiger partial charge in [-0.25, -0.2) is 4.98 Å². The molecule has 0 aliphatic carbocycles. The molecule has 0 aliphatic heterocycles. The number of unbranched alkanes of at least 4 members (excludes halogenated alkanes) is 5. The van der Waals surface area contributed by atoms with Crippen molar-refractivity contribution in [2.24, 2.45) is 0 Å². The number of carbonyl (C=O) groups excluding carboxylic acids is 1. The van der Waals surface area contributed by atoms with Crippen LogP contribution in [0, 0.1) is 0 Å². The Bertz CT molecular complexity index is 919. The van der Waals surface area contributed by atoms with Gasteiger partial charge in [0.1, 0.15) is 5.82 Å². The number of aromatic nitrogens is 2. The van der Waals surface area contributed by atoms with Crippen molar-refractivity contribution in [2.45, 2.75) is 58.5 Å². The van der Waals surface area contributed by atoms with Crippen LogP contribution in [0.4, 0.5) is 0 Å². The van der Waals surface area contributed by atoms with E-state index >= 15 is 0 Å². The molecule has 0 saturated carbocycles. The summed E-state index contributed by atoms with van der Waals surface area (Å²) in [6, 6.07) is 15.2. The summed E-state index contributed by atoms with van der Waals surface area (Å²) in [7, 11) is 0. The monoisotopic (exact) mass is 397 g/mol. The second-order valence-corrected chi connectivity index (χ2v) is 7.51. The first-order valence-electron chi connectivity index (χ1n) is 10.2. The third-order valence-corrected chi connectivity index (χ3v) is 5.32. The number of para-hydroxylation sites is 2. The number of imidazole rings is 1. The van der Waals surface area contributed by atoms with Crippen molar-refractivity contribution in [3.05, 3.63) is 64.9 Å². The summed E-state index contributed by atoms with van der Waals surface area (Å²) >= 11 is 6.14. The number of nitrogens with one attached hydrogen (secondary N) is 1. The van der Waals surface area contributed by atoms with Gasteiger partial charge in [0.15, 0.2) is 0 Å². The number of hydrogen-bond acceptors (Lipinski definition) is 2. The van der Waals surface area contributed by atoms with Crippen molar-refractivity contribution >= 4 is 28.5 Å². The summed E-state index contributed by atoms with van der Waals surface area (Å²) in [6.07, 6.45) is 7.50. The largest absolute Gasteiger partial charge is 0.345 e. The van der Waals surface area contributed by atoms with Crippen LogP contribution in [0.3, 0.4) is 0 Å². The Morgan fingerprint density at radius 3 is 2.54 bits per heavy atom. The Morgan fingerprint density at radius 1 is 1.00 bits per heavy atom. The predicted molar refractivity (Wildman–Crippen MR) is 116 cm³/mol. The molecule has 2 aromatic carbocycles. The number of amides is 1. The highest BCUT2D eigenvalue weighted by atomic mass is 35.5. The van der Waals surface area contributed by atoms with Crippen LogP contribution in [-0.4, -0.2) is 15.5 Å². The zero-order valence-corrected chi connectivity index (χ0v) is 17.2. The number of halogens is 1. The topological polar surface area (TPSA) is 46.9 Å². The van der Waals surface area contributed by atoms with Gasteiger partial charge in [-0.3, -0.25) is 4.79 Å². The summed E-state index contributed by atoms with van der Waals surface area (Å²) in [5.41, 5.74) is 2.58. The van der Waals surface area contributed by atoms with E-state index < -0.39 is 0 Å². The van der Waals surface area contributed by atoms with Gasteiger partial charge in [0.05, 0.1) is 28.2 Å². The van der Waals surface area contributed by atoms with Crippen LogP contribution < -0.4 is 5.32 Å². The molecule has 0 radical (unpaired) electrons. The van der Waals surface area contributed by atoms with E-state index in [0.717, 1.165) is 29.8 Å². The van der Waals surface area contributed by atoms with E-state index in [9.17, 15) is 4.79 Å². The third-order valence-electron chi connectivity index (χ3n) is 4.99. The zero-order valence-electron chi connectivity index (χ0n) is 16.5. The van der Waals surface area contributed by atoms with E-state index in [0.29, 0.717) is 17.1 Å². The molecule has 0 unspecified atom stereocenters. The molecule has 0 aliphatic rings. The second-order valence-electron chi connectivity index (χ2n) is 7.10. The molecule has 0 bridgehead atoms. The van der Waals surface area contributed by atoms with Gasteiger partial charge < -0.3 is 9.88 Å². The van der Waals surface area contributed by atoms with Crippen molar-refractivity contribution in [1.29, 1.82) is 0 Å². The van der Waals surface area contributed by atoms with Gasteiger partial charge in [-0.05, 0) is 30.7 Å². The molecule has 28 heavy (non-hydrogen) atoms. The van der Waals surface area contributed by atoms with Gasteiger partial charge in [0.25, 0.3) is 5.91 Å². The van der Waals surface area contributed by atoms with E-state index in [-0.39, 0.29) is 5.91 Å². The maximum absolute atomic E-state index is 12.5. The summed E-state index contributed by atoms with van der Waals surface area (Å²) in [5.74, 6) is 0.707. The molecule has 4 nitrogen and oxygen atoms in total. The standard InChI is InChI=1S/C23H28ClN3O/c1-2-3-4-5-6-11-16-27-21-15-10-9-14-20(21)26-22(27)17-25-23(28)18-12-7-8-13-19(18)24/h7-10,12-15H,2-6,11,16-17H2,1H3,(H,25,28). The van der Waals surface area contributed by atoms with Crippen LogP contribution in [0.5, 0.6) is 0 Å². The maximum Gasteiger partial charge on any atom is 0.253 e. The fraction of sp³-hybridized carbons (Fsp3) is 0.391. The van der Waals surface area contributed by atoms with Gasteiger partial charge in [0, 0.05) is 6.54 Å². The first-order valence-corrected chi connectivity index (χ1v) is 10.6. The lowest BCUT2D eigenvalue weighted by Crippen LogP contribution is -2.25. The number of fused-ring (bicyclic) bond motifs is 1. The van der Waals surface area contributed by atoms with Crippen LogP contribution >= 0.6 is 11.6 Å². The summed E-state index contributed by atoms with van der Waals surface area (Å²) in [4.78, 5) is 17.2. The molecule has 1 aromatic heterocycles. The predicted octanol–water partition coefficient (Wildman–Crippen LogP) is 5.98. The van der Waals surface area contributed by atoms with E-state index in [2.05, 4.69) is 22.9 Å². The fourth-order valence-corrected chi connectivity index (χ4v) is 3.68. The van der Waals surface area contributed by atoms with Gasteiger partial charge in [-0.1, -0.05) is 74.9 Å². The van der Waals surface area contributed by atoms with Crippen molar-refractivity contribution < 1.29 is 4.79 Å². The van der Waals surface area contributed by atoms with Crippen molar-refractivity contribution in [3.63, 3.8) is 0 Å². The molecular formula is C23H28ClN3O. The number of carbonyl (C=O) groups is 1. The minimum atomic E-state index is -0.177. The first-order chi connectivity index (χ1) is 13.7. The molecule has 148 valence electrons. The lowest BCUT2D eigenvalue weighted by molar-refractivity contribution is 0.0949. The molecule has 0 atom stereocenters. The van der Waals surface area contributed by atoms with Crippen LogP contribution in [0.2, 0.25) is 5.02 Å². The quantitative estimate of drug-likeness (QED) is 0.427. The molecule has 0 fully saturated rings. The molecule has 1 N–H and O–H groups in total. The minimum Gasteiger partial charge on any atom is -0.345 e. The number of nitrogens with zero attached hydrogens (tertiary/aromatic N) is 2. The molecular weight excluding hydrogens is 370 g/mol. The molecule has 1 amide bonds. The normalized spacial score (nSPS) is 11.1. The third kappa shape index (κ3) is 5.14. The van der Waals surface area contributed by atoms with Crippen LogP contribution in [0.25, 0.3) is 11.0 Å². The van der Waals surface area contributed by atoms with Gasteiger partial charge in [-0.15, -0.1) is 0 Å². The first kappa shape index (κ1) is 20.4. The number of hydrogen-bond donors (Lipinski definition) is 1. The Morgan fingerprint density at radius 2 is 1.71 bits per heavy atom. The highest BCUT2D eigenvalue weighted by Crippen LogP contribution is 2.19. The average Bonchev–Trinajstić information content (AvgIpc) is 3.07. The Kier molecular flexibility index (Phi) is 7.49. The highest BCUT2D eigenvalue weighted by Gasteiger charge is 2.13. The Labute approximate surface area is 171 Å². The maximum atomic E-state index is 12.5. The van der Waals surface area contributed by atoms with E-state index in [1.807, 2.05) is 30.3 Å². The van der Waals surface area contributed by atoms with E-state index in [1.165, 1.54) is 32.1 Å². The molecule has 5 heteroatoms. The highest BCUT2D eigenvalue weighted by molar-refractivity contribution is 6.33. The van der Waals surface area contributed by atoms with E-state index in [1.54, 1.807) is 12.1 Å². The SMILES string of the molecule is CCCCCCCCn1c(CNC(=O)c2ccccc2Cl)nc2ccccc21. The number of aryl methyl sites for hydroxylation is 1. The van der Waals surface area contributed by atoms with Gasteiger partial charge in [-0.2, -0.15) is 0 Å². The summed E-state index contributed by atoms with van der Waals surface area (Å²) < 4.78 is 2.24. The Hall–Kier alpha value is -2.33. The number of benzene rings is 2. The lowest BCUT2D eigenvalue weighted by Gasteiger charge is -2.11. The second kappa shape index (κ2) is 10.3. The van der Waals surface area contributed by atoms with Crippen LogP contribution in [0.1, 0.15) is 61.6 Å². The fourth-order valence-electron chi connectivity index (χ4n) is 3.46. The molecule has 3 aromatic rings. The Balaban J connectivity index is 1.68. The van der Waals surface area contributed by atoms with E-state index in [4.69, 9.17) is 16.6 Å². The van der Waals surface area contributed by atoms with Gasteiger partial charge >= 0.3 is 0 Å². The van der Waals surface area contributed by atoms with Crippen molar-refractivity contribution in [1.82, 2.24) is 14.9 Å². The van der Waals surface area contributed by atoms with Crippen LogP contribution in [-0.2, 0) is 13.1 Å². The molecule has 0 saturated heterocycles. The minimum absolute atomic E-state index is 0.177. The zero-order chi connectivity index (χ0) is 19.8. The van der Waals surface area contributed by atoms with Crippen molar-refractivity contribution in [2.75, 3.05) is 0 Å². The van der Waals surface area contributed by atoms with Gasteiger partial charge in [0.2, 0.25) is 0 Å². The summed E-state index contributed by atoms with van der Waals surface area (Å²) in [6.45, 7) is 3.54. The van der Waals surface area contributed by atoms with Crippen molar-refractivity contribution in [3.8, 4) is 0 Å². The number of rotatable bonds is 10. The lowest BCUT2D eigenvalue weighted by atomic mass is 10.1. The summed E-state index contributed by atoms with van der Waals surface area (Å²) in [5, 5.41) is 3.43. The molecule has 1 heterocycles. The molecule has 0 spiro atoms. The average molecular weight is 398 g/mol. The smallest absolute Gasteiger partial charge is 0.253 e.